The monoisotopic (exact) mass is 345 g/mol. The van der Waals surface area contributed by atoms with Crippen LogP contribution >= 0.6 is 22.7 Å². The first-order valence-electron chi connectivity index (χ1n) is 7.08. The van der Waals surface area contributed by atoms with Crippen LogP contribution in [0.3, 0.4) is 0 Å². The topological polar surface area (TPSA) is 80.7 Å². The molecule has 0 aliphatic carbocycles. The predicted molar refractivity (Wildman–Crippen MR) is 90.5 cm³/mol. The summed E-state index contributed by atoms with van der Waals surface area (Å²) in [6, 6.07) is 0. The van der Waals surface area contributed by atoms with Crippen molar-refractivity contribution < 1.29 is 4.79 Å². The molecule has 0 aromatic carbocycles. The Morgan fingerprint density at radius 2 is 2.09 bits per heavy atom. The van der Waals surface area contributed by atoms with E-state index in [0.29, 0.717) is 17.5 Å². The van der Waals surface area contributed by atoms with Crippen LogP contribution in [0.25, 0.3) is 10.7 Å². The zero-order chi connectivity index (χ0) is 16.2. The van der Waals surface area contributed by atoms with Crippen LogP contribution in [0.15, 0.2) is 29.4 Å². The minimum atomic E-state index is -0.170. The molecule has 3 rings (SSSR count). The first kappa shape index (κ1) is 15.7. The highest BCUT2D eigenvalue weighted by Gasteiger charge is 2.13. The first-order valence-corrected chi connectivity index (χ1v) is 8.84. The third-order valence-corrected chi connectivity index (χ3v) is 4.84. The molecule has 0 unspecified atom stereocenters. The van der Waals surface area contributed by atoms with Gasteiger partial charge in [0.05, 0.1) is 24.1 Å². The average Bonchev–Trinajstić information content (AvgIpc) is 3.23. The number of aromatic nitrogens is 4. The molecule has 0 radical (unpaired) electrons. The van der Waals surface area contributed by atoms with Crippen LogP contribution in [0.5, 0.6) is 0 Å². The van der Waals surface area contributed by atoms with E-state index in [1.807, 2.05) is 10.8 Å². The largest absolute Gasteiger partial charge is 0.344 e. The molecular formula is C15H15N5OS2. The SMILES string of the molecule is CC(C)c1csc(C(=O)NCc2csc(-c3cnccn3)n2)n1. The van der Waals surface area contributed by atoms with Crippen molar-refractivity contribution in [1.29, 1.82) is 0 Å². The Morgan fingerprint density at radius 1 is 1.22 bits per heavy atom. The summed E-state index contributed by atoms with van der Waals surface area (Å²) in [6.07, 6.45) is 4.93. The van der Waals surface area contributed by atoms with Gasteiger partial charge in [0.1, 0.15) is 10.7 Å². The molecule has 3 aromatic rings. The highest BCUT2D eigenvalue weighted by molar-refractivity contribution is 7.13. The van der Waals surface area contributed by atoms with E-state index in [-0.39, 0.29) is 5.91 Å². The Hall–Kier alpha value is -2.19. The molecule has 3 aromatic heterocycles. The summed E-state index contributed by atoms with van der Waals surface area (Å²) in [5.74, 6) is 0.150. The Kier molecular flexibility index (Phi) is 4.73. The van der Waals surface area contributed by atoms with Crippen LogP contribution in [0.2, 0.25) is 0 Å². The Morgan fingerprint density at radius 3 is 2.78 bits per heavy atom. The fourth-order valence-electron chi connectivity index (χ4n) is 1.82. The minimum Gasteiger partial charge on any atom is -0.344 e. The van der Waals surface area contributed by atoms with Gasteiger partial charge < -0.3 is 5.32 Å². The third kappa shape index (κ3) is 3.77. The summed E-state index contributed by atoms with van der Waals surface area (Å²) in [5.41, 5.74) is 2.47. The van der Waals surface area contributed by atoms with Crippen LogP contribution in [0, 0.1) is 0 Å². The molecule has 0 atom stereocenters. The lowest BCUT2D eigenvalue weighted by Crippen LogP contribution is -2.22. The van der Waals surface area contributed by atoms with E-state index >= 15 is 0 Å². The molecule has 8 heteroatoms. The van der Waals surface area contributed by atoms with Gasteiger partial charge in [-0.2, -0.15) is 0 Å². The van der Waals surface area contributed by atoms with Gasteiger partial charge in [0.25, 0.3) is 5.91 Å². The molecular weight excluding hydrogens is 330 g/mol. The van der Waals surface area contributed by atoms with Crippen LogP contribution in [-0.4, -0.2) is 25.8 Å². The summed E-state index contributed by atoms with van der Waals surface area (Å²) >= 11 is 2.84. The lowest BCUT2D eigenvalue weighted by Gasteiger charge is -2.00. The van der Waals surface area contributed by atoms with E-state index in [1.54, 1.807) is 18.6 Å². The van der Waals surface area contributed by atoms with E-state index in [0.717, 1.165) is 22.1 Å². The number of carbonyl (C=O) groups excluding carboxylic acids is 1. The number of nitrogens with one attached hydrogen (secondary N) is 1. The predicted octanol–water partition coefficient (Wildman–Crippen LogP) is 3.11. The van der Waals surface area contributed by atoms with Gasteiger partial charge in [0, 0.05) is 23.2 Å². The van der Waals surface area contributed by atoms with Crippen LogP contribution in [0.1, 0.15) is 41.0 Å². The van der Waals surface area contributed by atoms with Crippen molar-refractivity contribution in [2.45, 2.75) is 26.3 Å². The van der Waals surface area contributed by atoms with Crippen molar-refractivity contribution >= 4 is 28.6 Å². The van der Waals surface area contributed by atoms with Crippen LogP contribution in [0.4, 0.5) is 0 Å². The maximum atomic E-state index is 12.1. The number of hydrogen-bond donors (Lipinski definition) is 1. The summed E-state index contributed by atoms with van der Waals surface area (Å²) in [7, 11) is 0. The molecule has 0 aliphatic heterocycles. The minimum absolute atomic E-state index is 0.170. The van der Waals surface area contributed by atoms with Crippen molar-refractivity contribution in [3.05, 3.63) is 45.7 Å². The smallest absolute Gasteiger partial charge is 0.280 e. The van der Waals surface area contributed by atoms with Crippen molar-refractivity contribution in [3.63, 3.8) is 0 Å². The molecule has 23 heavy (non-hydrogen) atoms. The van der Waals surface area contributed by atoms with E-state index in [2.05, 4.69) is 39.1 Å². The molecule has 0 spiro atoms. The average molecular weight is 345 g/mol. The molecule has 0 saturated carbocycles. The van der Waals surface area contributed by atoms with E-state index in [9.17, 15) is 4.79 Å². The lowest BCUT2D eigenvalue weighted by atomic mass is 10.2. The summed E-state index contributed by atoms with van der Waals surface area (Å²) < 4.78 is 0. The normalized spacial score (nSPS) is 10.9. The molecule has 0 fully saturated rings. The highest BCUT2D eigenvalue weighted by atomic mass is 32.1. The molecule has 1 amide bonds. The second kappa shape index (κ2) is 6.93. The zero-order valence-electron chi connectivity index (χ0n) is 12.7. The quantitative estimate of drug-likeness (QED) is 0.768. The third-order valence-electron chi connectivity index (χ3n) is 3.07. The van der Waals surface area contributed by atoms with E-state index < -0.39 is 0 Å². The second-order valence-corrected chi connectivity index (χ2v) is 6.87. The fourth-order valence-corrected chi connectivity index (χ4v) is 3.49. The number of carbonyl (C=O) groups is 1. The van der Waals surface area contributed by atoms with Crippen LogP contribution in [-0.2, 0) is 6.54 Å². The van der Waals surface area contributed by atoms with Gasteiger partial charge in [-0.15, -0.1) is 22.7 Å². The number of nitrogens with zero attached hydrogens (tertiary/aromatic N) is 4. The Bertz CT molecular complexity index is 797. The van der Waals surface area contributed by atoms with Crippen molar-refractivity contribution in [2.24, 2.45) is 0 Å². The van der Waals surface area contributed by atoms with Crippen LogP contribution < -0.4 is 5.32 Å². The number of rotatable bonds is 5. The van der Waals surface area contributed by atoms with Gasteiger partial charge in [0.15, 0.2) is 5.01 Å². The van der Waals surface area contributed by atoms with Gasteiger partial charge >= 0.3 is 0 Å². The van der Waals surface area contributed by atoms with Gasteiger partial charge in [-0.05, 0) is 5.92 Å². The molecule has 118 valence electrons. The Labute approximate surface area is 141 Å². The van der Waals surface area contributed by atoms with Gasteiger partial charge in [0.2, 0.25) is 0 Å². The second-order valence-electron chi connectivity index (χ2n) is 5.15. The molecule has 1 N–H and O–H groups in total. The number of amides is 1. The summed E-state index contributed by atoms with van der Waals surface area (Å²) in [4.78, 5) is 29.2. The van der Waals surface area contributed by atoms with E-state index in [1.165, 1.54) is 22.7 Å². The van der Waals surface area contributed by atoms with Gasteiger partial charge in [-0.1, -0.05) is 13.8 Å². The molecule has 0 saturated heterocycles. The van der Waals surface area contributed by atoms with Gasteiger partial charge in [-0.3, -0.25) is 14.8 Å². The fraction of sp³-hybridized carbons (Fsp3) is 0.267. The van der Waals surface area contributed by atoms with Crippen molar-refractivity contribution in [1.82, 2.24) is 25.3 Å². The zero-order valence-corrected chi connectivity index (χ0v) is 14.3. The number of hydrogen-bond acceptors (Lipinski definition) is 7. The maximum Gasteiger partial charge on any atom is 0.280 e. The highest BCUT2D eigenvalue weighted by Crippen LogP contribution is 2.21. The van der Waals surface area contributed by atoms with Crippen molar-refractivity contribution in [3.8, 4) is 10.7 Å². The standard InChI is InChI=1S/C15H15N5OS2/c1-9(2)12-8-23-15(20-12)13(21)18-5-10-7-22-14(19-10)11-6-16-3-4-17-11/h3-4,6-9H,5H2,1-2H3,(H,18,21). The first-order chi connectivity index (χ1) is 11.1. The summed E-state index contributed by atoms with van der Waals surface area (Å²) in [6.45, 7) is 4.48. The molecule has 6 nitrogen and oxygen atoms in total. The summed E-state index contributed by atoms with van der Waals surface area (Å²) in [5, 5.41) is 7.96. The van der Waals surface area contributed by atoms with Gasteiger partial charge in [-0.25, -0.2) is 9.97 Å². The molecule has 0 bridgehead atoms. The maximum absolute atomic E-state index is 12.1. The lowest BCUT2D eigenvalue weighted by molar-refractivity contribution is 0.0950. The number of thiazole rings is 2. The molecule has 0 aliphatic rings. The molecule has 3 heterocycles. The Balaban J connectivity index is 1.62. The van der Waals surface area contributed by atoms with Crippen molar-refractivity contribution in [2.75, 3.05) is 0 Å². The van der Waals surface area contributed by atoms with E-state index in [4.69, 9.17) is 0 Å².